The molecule has 4 aromatic rings. The van der Waals surface area contributed by atoms with E-state index in [1.54, 1.807) is 0 Å². The molecule has 0 aromatic heterocycles. The number of rotatable bonds is 6. The summed E-state index contributed by atoms with van der Waals surface area (Å²) in [5.74, 6) is -1.44. The molecule has 5 rings (SSSR count). The summed E-state index contributed by atoms with van der Waals surface area (Å²) in [5.41, 5.74) is 5.49. The summed E-state index contributed by atoms with van der Waals surface area (Å²) >= 11 is -2.65. The maximum absolute atomic E-state index is 12.9. The number of amides is 1. The smallest absolute Gasteiger partial charge is 1.00 e. The summed E-state index contributed by atoms with van der Waals surface area (Å²) in [7, 11) is 0. The van der Waals surface area contributed by atoms with Gasteiger partial charge in [0.15, 0.2) is 0 Å². The van der Waals surface area contributed by atoms with Crippen molar-refractivity contribution in [2.45, 2.75) is 17.0 Å². The maximum Gasteiger partial charge on any atom is -1.00 e. The van der Waals surface area contributed by atoms with Gasteiger partial charge in [0.2, 0.25) is 0 Å². The molecule has 0 saturated carbocycles. The zero-order chi connectivity index (χ0) is 21.9. The van der Waals surface area contributed by atoms with E-state index in [0.717, 1.165) is 0 Å². The monoisotopic (exact) mass is 580 g/mol. The second-order valence-corrected chi connectivity index (χ2v) is 22.6. The molecule has 1 amide bonds. The molecule has 1 N–H and O–H groups in total. The van der Waals surface area contributed by atoms with E-state index in [0.29, 0.717) is 10.0 Å². The minimum atomic E-state index is -2.65. The van der Waals surface area contributed by atoms with E-state index in [9.17, 15) is 4.79 Å². The third-order valence-electron chi connectivity index (χ3n) is 6.33. The van der Waals surface area contributed by atoms with Crippen molar-refractivity contribution in [1.82, 2.24) is 3.26 Å². The number of nitrogens with one attached hydrogen (secondary N) is 1. The Kier molecular flexibility index (Phi) is 9.50. The molecule has 0 spiro atoms. The van der Waals surface area contributed by atoms with Crippen LogP contribution in [0.3, 0.4) is 0 Å². The molecule has 0 aliphatic heterocycles. The zero-order valence-electron chi connectivity index (χ0n) is 18.9. The van der Waals surface area contributed by atoms with Gasteiger partial charge in [0.05, 0.1) is 0 Å². The number of carbonyl (C=O) groups excluding carboxylic acids is 1. The molecular formula is C28H26Cl2NOSiZr. The van der Waals surface area contributed by atoms with E-state index in [1.165, 1.54) is 32.6 Å². The summed E-state index contributed by atoms with van der Waals surface area (Å²) < 4.78 is 4.04. The van der Waals surface area contributed by atoms with Gasteiger partial charge < -0.3 is 24.8 Å². The van der Waals surface area contributed by atoms with Crippen LogP contribution in [0.15, 0.2) is 109 Å². The predicted molar refractivity (Wildman–Crippen MR) is 131 cm³/mol. The van der Waals surface area contributed by atoms with E-state index in [2.05, 4.69) is 112 Å². The molecule has 0 radical (unpaired) electrons. The Balaban J connectivity index is 0.00000162. The molecule has 0 saturated heterocycles. The Morgan fingerprint density at radius 3 is 1.56 bits per heavy atom. The van der Waals surface area contributed by atoms with E-state index < -0.39 is 27.1 Å². The largest absolute Gasteiger partial charge is 1.00 e. The van der Waals surface area contributed by atoms with Crippen molar-refractivity contribution in [3.63, 3.8) is 0 Å². The van der Waals surface area contributed by atoms with Crippen molar-refractivity contribution in [3.8, 4) is 11.1 Å². The van der Waals surface area contributed by atoms with Gasteiger partial charge in [-0.3, -0.25) is 0 Å². The van der Waals surface area contributed by atoms with Crippen LogP contribution in [-0.2, 0) is 26.0 Å². The zero-order valence-corrected chi connectivity index (χ0v) is 24.0. The van der Waals surface area contributed by atoms with Crippen LogP contribution in [0.2, 0.25) is 0 Å². The number of hydrogen-bond acceptors (Lipinski definition) is 1. The summed E-state index contributed by atoms with van der Waals surface area (Å²) in [6, 6.07) is 39.6. The Hall–Kier alpha value is -1.97. The third-order valence-corrected chi connectivity index (χ3v) is 25.8. The predicted octanol–water partition coefficient (Wildman–Crippen LogP) is -1.64. The van der Waals surface area contributed by atoms with Crippen molar-refractivity contribution in [2.24, 2.45) is 0 Å². The van der Waals surface area contributed by atoms with Gasteiger partial charge in [-0.2, -0.15) is 0 Å². The van der Waals surface area contributed by atoms with E-state index in [4.69, 9.17) is 0 Å². The second-order valence-electron chi connectivity index (χ2n) is 8.22. The molecule has 4 aromatic carbocycles. The Labute approximate surface area is 223 Å². The second kappa shape index (κ2) is 12.1. The first-order valence-corrected chi connectivity index (χ1v) is 19.9. The molecule has 0 fully saturated rings. The van der Waals surface area contributed by atoms with Gasteiger partial charge in [0.1, 0.15) is 0 Å². The van der Waals surface area contributed by atoms with Crippen LogP contribution in [0.25, 0.3) is 11.1 Å². The summed E-state index contributed by atoms with van der Waals surface area (Å²) in [6.07, 6.45) is 0.533. The molecule has 171 valence electrons. The van der Waals surface area contributed by atoms with Gasteiger partial charge in [0, 0.05) is 0 Å². The molecule has 0 heterocycles. The topological polar surface area (TPSA) is 29.1 Å². The number of fused-ring (bicyclic) bond motifs is 3. The number of hydrogen-bond donors (Lipinski definition) is 1. The molecule has 34 heavy (non-hydrogen) atoms. The summed E-state index contributed by atoms with van der Waals surface area (Å²) in [4.78, 5) is 12.9. The molecule has 1 aliphatic rings. The van der Waals surface area contributed by atoms with Crippen molar-refractivity contribution in [2.75, 3.05) is 0 Å². The number of benzene rings is 4. The molecule has 0 atom stereocenters. The average molecular weight is 583 g/mol. The first-order chi connectivity index (χ1) is 15.8. The fourth-order valence-corrected chi connectivity index (χ4v) is 26.9. The van der Waals surface area contributed by atoms with Crippen LogP contribution >= 0.6 is 0 Å². The Morgan fingerprint density at radius 2 is 1.12 bits per heavy atom. The number of halogens is 2. The van der Waals surface area contributed by atoms with Crippen LogP contribution in [0.4, 0.5) is 0 Å². The molecule has 2 nitrogen and oxygen atoms in total. The Morgan fingerprint density at radius 1 is 0.706 bits per heavy atom. The standard InChI is InChI=1S/C13H9.C12H11Si.C3H7NO.2ClH.Zr/c1-3-7-12-10(5-1)9-11-6-2-4-8-13(11)12;1-3-7-11(8-4-1)13-12-9-5-2-6-10-12;1-2-3(4)5;;;/h1-9H;1-10,13H;2H2,1H3,(H2,4,5);2*1H;/q;;;;;+3/p-3. The number of carbonyl (C=O) groups is 1. The molecule has 0 unspecified atom stereocenters. The average Bonchev–Trinajstić information content (AvgIpc) is 3.19. The Bertz CT molecular complexity index is 1150. The summed E-state index contributed by atoms with van der Waals surface area (Å²) in [5, 5.41) is 2.87. The quantitative estimate of drug-likeness (QED) is 0.272. The van der Waals surface area contributed by atoms with Gasteiger partial charge in [-0.05, 0) is 0 Å². The maximum atomic E-state index is 12.9. The minimum Gasteiger partial charge on any atom is -1.00 e. The molecular weight excluding hydrogens is 557 g/mol. The van der Waals surface area contributed by atoms with Crippen molar-refractivity contribution >= 4 is 22.2 Å². The van der Waals surface area contributed by atoms with Gasteiger partial charge in [-0.25, -0.2) is 0 Å². The SMILES string of the molecule is CCC(=O)[NH][Zr+2]([CH]1c2ccccc2-c2ccccc21)[SiH](c1ccccc1)c1ccccc1.[Cl-].[Cl-]. The first-order valence-electron chi connectivity index (χ1n) is 11.2. The van der Waals surface area contributed by atoms with Gasteiger partial charge >= 0.3 is 200 Å². The van der Waals surface area contributed by atoms with Crippen LogP contribution in [0, 0.1) is 0 Å². The van der Waals surface area contributed by atoms with Crippen LogP contribution in [0.5, 0.6) is 0 Å². The first kappa shape index (κ1) is 26.6. The minimum absolute atomic E-state index is 0. The van der Waals surface area contributed by atoms with Crippen molar-refractivity contribution in [1.29, 1.82) is 0 Å². The fourth-order valence-electron chi connectivity index (χ4n) is 4.89. The van der Waals surface area contributed by atoms with Gasteiger partial charge in [-0.1, -0.05) is 0 Å². The van der Waals surface area contributed by atoms with Crippen LogP contribution in [-0.4, -0.2) is 11.8 Å². The van der Waals surface area contributed by atoms with E-state index in [1.807, 2.05) is 6.92 Å². The summed E-state index contributed by atoms with van der Waals surface area (Å²) in [6.45, 7) is 1.97. The molecule has 1 aliphatic carbocycles. The molecule has 0 bridgehead atoms. The van der Waals surface area contributed by atoms with E-state index in [-0.39, 0.29) is 30.7 Å². The van der Waals surface area contributed by atoms with Crippen LogP contribution in [0.1, 0.15) is 28.1 Å². The van der Waals surface area contributed by atoms with Gasteiger partial charge in [-0.15, -0.1) is 0 Å². The molecule has 6 heteroatoms. The van der Waals surface area contributed by atoms with Crippen LogP contribution < -0.4 is 38.4 Å². The van der Waals surface area contributed by atoms with Crippen molar-refractivity contribution < 1.29 is 50.8 Å². The van der Waals surface area contributed by atoms with E-state index >= 15 is 0 Å². The van der Waals surface area contributed by atoms with Crippen molar-refractivity contribution in [3.05, 3.63) is 120 Å². The normalized spacial score (nSPS) is 11.6. The third kappa shape index (κ3) is 5.16. The van der Waals surface area contributed by atoms with Gasteiger partial charge in [0.25, 0.3) is 0 Å². The fraction of sp³-hybridized carbons (Fsp3) is 0.107.